The Bertz CT molecular complexity index is 920. The van der Waals surface area contributed by atoms with Crippen molar-refractivity contribution in [2.45, 2.75) is 18.9 Å². The third-order valence-corrected chi connectivity index (χ3v) is 4.73. The number of carbonyl (C=O) groups is 1. The zero-order valence-electron chi connectivity index (χ0n) is 13.6. The lowest BCUT2D eigenvalue weighted by molar-refractivity contribution is 0.0697. The van der Waals surface area contributed by atoms with Gasteiger partial charge < -0.3 is 10.1 Å². The van der Waals surface area contributed by atoms with Crippen LogP contribution in [0.5, 0.6) is 0 Å². The zero-order valence-corrected chi connectivity index (χ0v) is 13.6. The van der Waals surface area contributed by atoms with Crippen LogP contribution in [0.3, 0.4) is 0 Å². The number of hydrogen-bond acceptors (Lipinski definition) is 3. The maximum Gasteiger partial charge on any atom is 0.335 e. The molecule has 2 N–H and O–H groups in total. The molecule has 1 aromatic heterocycles. The smallest absolute Gasteiger partial charge is 0.335 e. The third-order valence-electron chi connectivity index (χ3n) is 4.73. The molecule has 2 heterocycles. The maximum absolute atomic E-state index is 13.3. The second kappa shape index (κ2) is 6.29. The van der Waals surface area contributed by atoms with Crippen LogP contribution in [0.2, 0.25) is 0 Å². The Balaban J connectivity index is 1.44. The number of rotatable bonds is 4. The van der Waals surface area contributed by atoms with Crippen molar-refractivity contribution in [1.29, 1.82) is 0 Å². The third kappa shape index (κ3) is 3.25. The van der Waals surface area contributed by atoms with Gasteiger partial charge >= 0.3 is 5.97 Å². The molecular weight excluding hydrogens is 321 g/mol. The van der Waals surface area contributed by atoms with Crippen molar-refractivity contribution in [2.75, 3.05) is 13.1 Å². The van der Waals surface area contributed by atoms with Crippen LogP contribution in [0, 0.1) is 5.82 Å². The number of halogens is 1. The summed E-state index contributed by atoms with van der Waals surface area (Å²) < 4.78 is 13.3. The minimum atomic E-state index is -0.908. The van der Waals surface area contributed by atoms with Gasteiger partial charge in [-0.1, -0.05) is 12.1 Å². The van der Waals surface area contributed by atoms with Gasteiger partial charge in [-0.05, 0) is 48.9 Å². The normalized spacial score (nSPS) is 18.0. The summed E-state index contributed by atoms with van der Waals surface area (Å²) in [6.07, 6.45) is 0.996. The first-order chi connectivity index (χ1) is 12.1. The topological polar surface area (TPSA) is 69.2 Å². The van der Waals surface area contributed by atoms with Crippen molar-refractivity contribution >= 4 is 17.0 Å². The summed E-state index contributed by atoms with van der Waals surface area (Å²) >= 11 is 0. The lowest BCUT2D eigenvalue weighted by Gasteiger charge is -2.15. The molecule has 25 heavy (non-hydrogen) atoms. The minimum absolute atomic E-state index is 0.263. The monoisotopic (exact) mass is 339 g/mol. The highest BCUT2D eigenvalue weighted by atomic mass is 19.1. The minimum Gasteiger partial charge on any atom is -0.478 e. The van der Waals surface area contributed by atoms with E-state index in [9.17, 15) is 9.18 Å². The Kier molecular flexibility index (Phi) is 3.97. The Morgan fingerprint density at radius 3 is 2.84 bits per heavy atom. The van der Waals surface area contributed by atoms with Gasteiger partial charge in [-0.15, -0.1) is 0 Å². The maximum atomic E-state index is 13.3. The van der Waals surface area contributed by atoms with Gasteiger partial charge in [-0.25, -0.2) is 14.2 Å². The molecule has 5 nitrogen and oxygen atoms in total. The molecule has 0 bridgehead atoms. The van der Waals surface area contributed by atoms with Crippen molar-refractivity contribution in [1.82, 2.24) is 14.9 Å². The van der Waals surface area contributed by atoms with Gasteiger partial charge in [-0.3, -0.25) is 4.90 Å². The van der Waals surface area contributed by atoms with E-state index in [1.807, 2.05) is 12.1 Å². The standard InChI is InChI=1S/C19H18FN3O2/c20-15-5-6-16-17(9-15)22-18(21-16)14-7-8-23(11-14)10-12-1-3-13(4-2-12)19(24)25/h1-6,9,14H,7-8,10-11H2,(H,21,22)(H,24,25)/t14-/m0/s1. The second-order valence-corrected chi connectivity index (χ2v) is 6.51. The Morgan fingerprint density at radius 2 is 2.08 bits per heavy atom. The van der Waals surface area contributed by atoms with Gasteiger partial charge in [0.05, 0.1) is 16.6 Å². The molecule has 4 rings (SSSR count). The van der Waals surface area contributed by atoms with Crippen LogP contribution in [-0.2, 0) is 6.54 Å². The number of nitrogens with zero attached hydrogens (tertiary/aromatic N) is 2. The number of H-pyrrole nitrogens is 1. The van der Waals surface area contributed by atoms with Crippen LogP contribution >= 0.6 is 0 Å². The second-order valence-electron chi connectivity index (χ2n) is 6.51. The van der Waals surface area contributed by atoms with Gasteiger partial charge in [0.2, 0.25) is 0 Å². The number of hydrogen-bond donors (Lipinski definition) is 2. The molecule has 1 fully saturated rings. The van der Waals surface area contributed by atoms with Crippen LogP contribution in [0.1, 0.15) is 34.1 Å². The van der Waals surface area contributed by atoms with Crippen LogP contribution in [0.25, 0.3) is 11.0 Å². The quantitative estimate of drug-likeness (QED) is 0.764. The number of aromatic nitrogens is 2. The molecule has 0 radical (unpaired) electrons. The van der Waals surface area contributed by atoms with Crippen molar-refractivity contribution in [3.63, 3.8) is 0 Å². The molecule has 0 saturated carbocycles. The Morgan fingerprint density at radius 1 is 1.28 bits per heavy atom. The predicted molar refractivity (Wildman–Crippen MR) is 92.1 cm³/mol. The fourth-order valence-corrected chi connectivity index (χ4v) is 3.41. The largest absolute Gasteiger partial charge is 0.478 e. The lowest BCUT2D eigenvalue weighted by Crippen LogP contribution is -2.20. The summed E-state index contributed by atoms with van der Waals surface area (Å²) in [7, 11) is 0. The number of fused-ring (bicyclic) bond motifs is 1. The van der Waals surface area contributed by atoms with Gasteiger partial charge in [0, 0.05) is 19.0 Å². The molecule has 3 aromatic rings. The summed E-state index contributed by atoms with van der Waals surface area (Å²) in [6.45, 7) is 2.62. The van der Waals surface area contributed by atoms with E-state index in [1.165, 1.54) is 12.1 Å². The number of nitrogens with one attached hydrogen (secondary N) is 1. The Labute approximate surface area is 144 Å². The summed E-state index contributed by atoms with van der Waals surface area (Å²) in [5.41, 5.74) is 2.92. The molecule has 0 amide bonds. The van der Waals surface area contributed by atoms with E-state index in [2.05, 4.69) is 14.9 Å². The molecule has 0 spiro atoms. The van der Waals surface area contributed by atoms with Crippen LogP contribution < -0.4 is 0 Å². The van der Waals surface area contributed by atoms with E-state index < -0.39 is 5.97 Å². The number of carboxylic acids is 1. The molecule has 1 aliphatic rings. The molecule has 128 valence electrons. The van der Waals surface area contributed by atoms with Gasteiger partial charge in [0.25, 0.3) is 0 Å². The fourth-order valence-electron chi connectivity index (χ4n) is 3.41. The van der Waals surface area contributed by atoms with Gasteiger partial charge in [0.1, 0.15) is 11.6 Å². The highest BCUT2D eigenvalue weighted by Gasteiger charge is 2.26. The number of carboxylic acid groups (broad SMARTS) is 1. The SMILES string of the molecule is O=C(O)c1ccc(CN2CC[C@H](c3nc4ccc(F)cc4[nH]3)C2)cc1. The van der Waals surface area contributed by atoms with Crippen molar-refractivity contribution in [2.24, 2.45) is 0 Å². The molecule has 0 unspecified atom stereocenters. The average molecular weight is 339 g/mol. The molecule has 2 aromatic carbocycles. The molecule has 6 heteroatoms. The van der Waals surface area contributed by atoms with E-state index >= 15 is 0 Å². The summed E-state index contributed by atoms with van der Waals surface area (Å²) in [5.74, 6) is 0.0349. The van der Waals surface area contributed by atoms with Crippen LogP contribution in [0.4, 0.5) is 4.39 Å². The average Bonchev–Trinajstić information content (AvgIpc) is 3.21. The van der Waals surface area contributed by atoms with E-state index in [0.717, 1.165) is 48.5 Å². The molecule has 1 aliphatic heterocycles. The highest BCUT2D eigenvalue weighted by Crippen LogP contribution is 2.28. The van der Waals surface area contributed by atoms with Gasteiger partial charge in [0.15, 0.2) is 0 Å². The van der Waals surface area contributed by atoms with Crippen molar-refractivity contribution < 1.29 is 14.3 Å². The predicted octanol–water partition coefficient (Wildman–Crippen LogP) is 3.39. The zero-order chi connectivity index (χ0) is 17.4. The number of likely N-dealkylation sites (tertiary alicyclic amines) is 1. The van der Waals surface area contributed by atoms with Crippen LogP contribution in [-0.4, -0.2) is 39.0 Å². The fraction of sp³-hybridized carbons (Fsp3) is 0.263. The first kappa shape index (κ1) is 15.8. The first-order valence-corrected chi connectivity index (χ1v) is 8.28. The molecular formula is C19H18FN3O2. The molecule has 1 saturated heterocycles. The number of benzene rings is 2. The first-order valence-electron chi connectivity index (χ1n) is 8.28. The summed E-state index contributed by atoms with van der Waals surface area (Å²) in [6, 6.07) is 11.6. The van der Waals surface area contributed by atoms with E-state index in [0.29, 0.717) is 11.5 Å². The van der Waals surface area contributed by atoms with Gasteiger partial charge in [-0.2, -0.15) is 0 Å². The van der Waals surface area contributed by atoms with E-state index in [4.69, 9.17) is 5.11 Å². The lowest BCUT2D eigenvalue weighted by atomic mass is 10.1. The Hall–Kier alpha value is -2.73. The number of aromatic amines is 1. The van der Waals surface area contributed by atoms with Crippen molar-refractivity contribution in [3.05, 3.63) is 65.2 Å². The molecule has 1 atom stereocenters. The van der Waals surface area contributed by atoms with Crippen molar-refractivity contribution in [3.8, 4) is 0 Å². The summed E-state index contributed by atoms with van der Waals surface area (Å²) in [5, 5.41) is 8.95. The number of aromatic carboxylic acids is 1. The van der Waals surface area contributed by atoms with Crippen LogP contribution in [0.15, 0.2) is 42.5 Å². The van der Waals surface area contributed by atoms with E-state index in [-0.39, 0.29) is 5.82 Å². The molecule has 0 aliphatic carbocycles. The highest BCUT2D eigenvalue weighted by molar-refractivity contribution is 5.87. The summed E-state index contributed by atoms with van der Waals surface area (Å²) in [4.78, 5) is 21.1. The number of imidazole rings is 1. The van der Waals surface area contributed by atoms with E-state index in [1.54, 1.807) is 18.2 Å².